The van der Waals surface area contributed by atoms with Crippen molar-refractivity contribution in [3.8, 4) is 0 Å². The molecule has 2 aromatic heterocycles. The number of benzene rings is 1. The lowest BCUT2D eigenvalue weighted by Crippen LogP contribution is -2.42. The van der Waals surface area contributed by atoms with Gasteiger partial charge in [0.1, 0.15) is 5.82 Å². The van der Waals surface area contributed by atoms with E-state index >= 15 is 0 Å². The molecular formula is C22H25N5O3S. The van der Waals surface area contributed by atoms with Gasteiger partial charge < -0.3 is 10.6 Å². The SMILES string of the molecule is CCCCN(C(=O)CSc1ccccn1)c1c(N)n(Cc2ccccc2)c(=O)[nH]c1=O. The summed E-state index contributed by atoms with van der Waals surface area (Å²) in [5, 5.41) is 0.710. The second kappa shape index (κ2) is 10.6. The molecule has 0 saturated heterocycles. The Labute approximate surface area is 184 Å². The van der Waals surface area contributed by atoms with Crippen molar-refractivity contribution in [3.63, 3.8) is 0 Å². The van der Waals surface area contributed by atoms with Gasteiger partial charge in [-0.2, -0.15) is 0 Å². The second-order valence-corrected chi connectivity index (χ2v) is 7.92. The van der Waals surface area contributed by atoms with Gasteiger partial charge in [0, 0.05) is 12.7 Å². The summed E-state index contributed by atoms with van der Waals surface area (Å²) in [6.07, 6.45) is 3.18. The molecule has 0 aliphatic rings. The number of carbonyl (C=O) groups excluding carboxylic acids is 1. The van der Waals surface area contributed by atoms with Crippen molar-refractivity contribution in [2.75, 3.05) is 22.9 Å². The van der Waals surface area contributed by atoms with Gasteiger partial charge in [0.2, 0.25) is 5.91 Å². The van der Waals surface area contributed by atoms with E-state index in [0.717, 1.165) is 12.0 Å². The third kappa shape index (κ3) is 5.64. The van der Waals surface area contributed by atoms with Gasteiger partial charge in [-0.25, -0.2) is 9.78 Å². The quantitative estimate of drug-likeness (QED) is 0.495. The molecule has 0 fully saturated rings. The standard InChI is InChI=1S/C22H25N5O3S/c1-2-3-13-26(18(28)15-31-17-11-7-8-12-24-17)19-20(23)27(22(30)25-21(19)29)14-16-9-5-4-6-10-16/h4-12H,2-3,13-15,23H2,1H3,(H,25,29,30). The molecule has 2 heterocycles. The van der Waals surface area contributed by atoms with Gasteiger partial charge in [-0.1, -0.05) is 61.5 Å². The van der Waals surface area contributed by atoms with Gasteiger partial charge in [-0.05, 0) is 24.1 Å². The number of hydrogen-bond acceptors (Lipinski definition) is 6. The molecule has 0 aliphatic carbocycles. The molecule has 31 heavy (non-hydrogen) atoms. The lowest BCUT2D eigenvalue weighted by atomic mass is 10.2. The fraction of sp³-hybridized carbons (Fsp3) is 0.273. The fourth-order valence-electron chi connectivity index (χ4n) is 3.08. The van der Waals surface area contributed by atoms with Crippen LogP contribution in [0.25, 0.3) is 0 Å². The zero-order valence-corrected chi connectivity index (χ0v) is 18.1. The van der Waals surface area contributed by atoms with Crippen molar-refractivity contribution >= 4 is 29.2 Å². The third-order valence-electron chi connectivity index (χ3n) is 4.69. The summed E-state index contributed by atoms with van der Waals surface area (Å²) in [5.74, 6) is -0.201. The monoisotopic (exact) mass is 439 g/mol. The number of H-pyrrole nitrogens is 1. The average molecular weight is 440 g/mol. The van der Waals surface area contributed by atoms with Crippen LogP contribution in [0.1, 0.15) is 25.3 Å². The molecule has 3 N–H and O–H groups in total. The second-order valence-electron chi connectivity index (χ2n) is 6.92. The van der Waals surface area contributed by atoms with Crippen LogP contribution in [0.15, 0.2) is 69.3 Å². The molecule has 9 heteroatoms. The van der Waals surface area contributed by atoms with Crippen LogP contribution in [-0.2, 0) is 11.3 Å². The smallest absolute Gasteiger partial charge is 0.330 e. The first-order chi connectivity index (χ1) is 15.0. The van der Waals surface area contributed by atoms with E-state index in [9.17, 15) is 14.4 Å². The highest BCUT2D eigenvalue weighted by Crippen LogP contribution is 2.21. The summed E-state index contributed by atoms with van der Waals surface area (Å²) in [5.41, 5.74) is 5.87. The zero-order chi connectivity index (χ0) is 22.2. The number of nitrogen functional groups attached to an aromatic ring is 1. The van der Waals surface area contributed by atoms with Gasteiger partial charge in [-0.15, -0.1) is 0 Å². The number of pyridine rings is 1. The summed E-state index contributed by atoms with van der Waals surface area (Å²) in [6, 6.07) is 14.8. The number of hydrogen-bond donors (Lipinski definition) is 2. The van der Waals surface area contributed by atoms with Crippen LogP contribution in [0.4, 0.5) is 11.5 Å². The Morgan fingerprint density at radius 3 is 2.58 bits per heavy atom. The van der Waals surface area contributed by atoms with Crippen molar-refractivity contribution in [1.29, 1.82) is 0 Å². The van der Waals surface area contributed by atoms with Crippen molar-refractivity contribution < 1.29 is 4.79 Å². The normalized spacial score (nSPS) is 10.7. The first kappa shape index (κ1) is 22.4. The Morgan fingerprint density at radius 2 is 1.90 bits per heavy atom. The van der Waals surface area contributed by atoms with Gasteiger partial charge in [-0.3, -0.25) is 19.1 Å². The van der Waals surface area contributed by atoms with Gasteiger partial charge >= 0.3 is 5.69 Å². The van der Waals surface area contributed by atoms with Crippen molar-refractivity contribution in [2.24, 2.45) is 0 Å². The van der Waals surface area contributed by atoms with E-state index < -0.39 is 11.2 Å². The third-order valence-corrected chi connectivity index (χ3v) is 5.61. The topological polar surface area (TPSA) is 114 Å². The Balaban J connectivity index is 1.94. The Hall–Kier alpha value is -3.33. The minimum atomic E-state index is -0.667. The number of nitrogens with zero attached hydrogens (tertiary/aromatic N) is 3. The average Bonchev–Trinajstić information content (AvgIpc) is 2.78. The number of unbranched alkanes of at least 4 members (excludes halogenated alkanes) is 1. The van der Waals surface area contributed by atoms with Crippen LogP contribution in [-0.4, -0.2) is 32.7 Å². The lowest BCUT2D eigenvalue weighted by Gasteiger charge is -2.24. The number of carbonyl (C=O) groups is 1. The fourth-order valence-corrected chi connectivity index (χ4v) is 3.82. The molecule has 3 aromatic rings. The maximum absolute atomic E-state index is 13.1. The van der Waals surface area contributed by atoms with Crippen LogP contribution in [0, 0.1) is 0 Å². The van der Waals surface area contributed by atoms with Crippen molar-refractivity contribution in [1.82, 2.24) is 14.5 Å². The minimum Gasteiger partial charge on any atom is -0.383 e. The number of aromatic nitrogens is 3. The molecule has 1 aromatic carbocycles. The molecule has 0 spiro atoms. The lowest BCUT2D eigenvalue weighted by molar-refractivity contribution is -0.116. The summed E-state index contributed by atoms with van der Waals surface area (Å²) in [7, 11) is 0. The van der Waals surface area contributed by atoms with E-state index in [1.165, 1.54) is 21.2 Å². The predicted molar refractivity (Wildman–Crippen MR) is 124 cm³/mol. The predicted octanol–water partition coefficient (Wildman–Crippen LogP) is 2.49. The summed E-state index contributed by atoms with van der Waals surface area (Å²) in [6.45, 7) is 2.51. The van der Waals surface area contributed by atoms with Crippen LogP contribution < -0.4 is 21.9 Å². The van der Waals surface area contributed by atoms with E-state index in [4.69, 9.17) is 5.73 Å². The number of nitrogens with one attached hydrogen (secondary N) is 1. The molecule has 1 amide bonds. The number of nitrogens with two attached hydrogens (primary N) is 1. The molecule has 3 rings (SSSR count). The summed E-state index contributed by atoms with van der Waals surface area (Å²) < 4.78 is 1.28. The number of rotatable bonds is 9. The molecular weight excluding hydrogens is 414 g/mol. The molecule has 0 saturated carbocycles. The molecule has 0 atom stereocenters. The molecule has 8 nitrogen and oxygen atoms in total. The Morgan fingerprint density at radius 1 is 1.16 bits per heavy atom. The van der Waals surface area contributed by atoms with E-state index in [-0.39, 0.29) is 29.7 Å². The van der Waals surface area contributed by atoms with Crippen LogP contribution in [0.3, 0.4) is 0 Å². The maximum atomic E-state index is 13.1. The highest BCUT2D eigenvalue weighted by Gasteiger charge is 2.24. The van der Waals surface area contributed by atoms with Crippen molar-refractivity contribution in [3.05, 3.63) is 81.1 Å². The number of thioether (sulfide) groups is 1. The zero-order valence-electron chi connectivity index (χ0n) is 17.3. The highest BCUT2D eigenvalue weighted by atomic mass is 32.2. The number of aromatic amines is 1. The first-order valence-corrected chi connectivity index (χ1v) is 11.0. The highest BCUT2D eigenvalue weighted by molar-refractivity contribution is 7.99. The molecule has 0 aliphatic heterocycles. The largest absolute Gasteiger partial charge is 0.383 e. The summed E-state index contributed by atoms with van der Waals surface area (Å²) in [4.78, 5) is 46.1. The molecule has 0 bridgehead atoms. The van der Waals surface area contributed by atoms with E-state index in [0.29, 0.717) is 18.0 Å². The van der Waals surface area contributed by atoms with Crippen molar-refractivity contribution in [2.45, 2.75) is 31.3 Å². The Bertz CT molecular complexity index is 1130. The first-order valence-electron chi connectivity index (χ1n) is 10.0. The van der Waals surface area contributed by atoms with Crippen LogP contribution in [0.5, 0.6) is 0 Å². The van der Waals surface area contributed by atoms with E-state index in [2.05, 4.69) is 9.97 Å². The molecule has 0 radical (unpaired) electrons. The number of amides is 1. The van der Waals surface area contributed by atoms with Gasteiger partial charge in [0.05, 0.1) is 17.3 Å². The number of anilines is 2. The van der Waals surface area contributed by atoms with E-state index in [1.807, 2.05) is 49.4 Å². The maximum Gasteiger partial charge on any atom is 0.330 e. The minimum absolute atomic E-state index is 0.00982. The summed E-state index contributed by atoms with van der Waals surface area (Å²) >= 11 is 1.28. The molecule has 0 unspecified atom stereocenters. The van der Waals surface area contributed by atoms with Gasteiger partial charge in [0.25, 0.3) is 5.56 Å². The van der Waals surface area contributed by atoms with Crippen LogP contribution >= 0.6 is 11.8 Å². The molecule has 162 valence electrons. The van der Waals surface area contributed by atoms with E-state index in [1.54, 1.807) is 12.3 Å². The Kier molecular flexibility index (Phi) is 7.66. The van der Waals surface area contributed by atoms with Gasteiger partial charge in [0.15, 0.2) is 5.69 Å². The van der Waals surface area contributed by atoms with Crippen LogP contribution in [0.2, 0.25) is 0 Å².